The lowest BCUT2D eigenvalue weighted by atomic mass is 10.1. The van der Waals surface area contributed by atoms with Crippen molar-refractivity contribution in [2.24, 2.45) is 0 Å². The summed E-state index contributed by atoms with van der Waals surface area (Å²) in [6.45, 7) is 5.29. The Balaban J connectivity index is 2.62. The average molecular weight is 228 g/mol. The van der Waals surface area contributed by atoms with E-state index in [1.54, 1.807) is 20.8 Å². The number of cyclic esters (lactones) is 1. The van der Waals surface area contributed by atoms with E-state index >= 15 is 0 Å². The molecule has 0 aliphatic carbocycles. The first-order valence-electron chi connectivity index (χ1n) is 4.95. The molecule has 0 aromatic heterocycles. The van der Waals surface area contributed by atoms with Crippen molar-refractivity contribution in [3.63, 3.8) is 0 Å². The summed E-state index contributed by atoms with van der Waals surface area (Å²) in [4.78, 5) is 22.5. The van der Waals surface area contributed by atoms with Crippen LogP contribution in [-0.4, -0.2) is 30.4 Å². The molecule has 0 radical (unpaired) electrons. The molecule has 1 aliphatic heterocycles. The van der Waals surface area contributed by atoms with Gasteiger partial charge < -0.3 is 14.2 Å². The largest absolute Gasteiger partial charge is 0.460 e. The maximum atomic E-state index is 11.6. The number of rotatable bonds is 3. The fourth-order valence-electron chi connectivity index (χ4n) is 1.29. The van der Waals surface area contributed by atoms with Gasteiger partial charge in [-0.2, -0.15) is 0 Å². The van der Waals surface area contributed by atoms with Gasteiger partial charge in [0.15, 0.2) is 0 Å². The van der Waals surface area contributed by atoms with Crippen molar-refractivity contribution in [1.29, 1.82) is 0 Å². The molecule has 0 aromatic carbocycles. The third-order valence-corrected chi connectivity index (χ3v) is 1.90. The minimum absolute atomic E-state index is 0.150. The van der Waals surface area contributed by atoms with Gasteiger partial charge in [0.2, 0.25) is 5.79 Å². The minimum Gasteiger partial charge on any atom is -0.460 e. The molecule has 0 amide bonds. The molecule has 1 rings (SSSR count). The molecule has 16 heavy (non-hydrogen) atoms. The SMILES string of the molecule is COC1(CC(=O)OC(C)(C)C)C=CC(=O)O1. The zero-order valence-corrected chi connectivity index (χ0v) is 9.90. The van der Waals surface area contributed by atoms with Crippen LogP contribution in [0, 0.1) is 0 Å². The van der Waals surface area contributed by atoms with Gasteiger partial charge in [-0.3, -0.25) is 4.79 Å². The van der Waals surface area contributed by atoms with Crippen LogP contribution in [0.4, 0.5) is 0 Å². The number of hydrogen-bond donors (Lipinski definition) is 0. The summed E-state index contributed by atoms with van der Waals surface area (Å²) in [6, 6.07) is 0. The molecule has 0 spiro atoms. The van der Waals surface area contributed by atoms with Gasteiger partial charge in [0, 0.05) is 13.2 Å². The summed E-state index contributed by atoms with van der Waals surface area (Å²) in [6.07, 6.45) is 2.50. The Hall–Kier alpha value is -1.36. The van der Waals surface area contributed by atoms with E-state index in [1.807, 2.05) is 0 Å². The Kier molecular flexibility index (Phi) is 3.38. The molecule has 0 saturated heterocycles. The maximum Gasteiger partial charge on any atom is 0.333 e. The first-order chi connectivity index (χ1) is 7.26. The van der Waals surface area contributed by atoms with E-state index in [4.69, 9.17) is 14.2 Å². The van der Waals surface area contributed by atoms with Crippen molar-refractivity contribution in [1.82, 2.24) is 0 Å². The van der Waals surface area contributed by atoms with Crippen LogP contribution in [0.1, 0.15) is 27.2 Å². The summed E-state index contributed by atoms with van der Waals surface area (Å²) < 4.78 is 15.1. The van der Waals surface area contributed by atoms with Crippen molar-refractivity contribution < 1.29 is 23.8 Å². The number of carbonyl (C=O) groups is 2. The summed E-state index contributed by atoms with van der Waals surface area (Å²) in [7, 11) is 1.37. The third-order valence-electron chi connectivity index (χ3n) is 1.90. The van der Waals surface area contributed by atoms with Crippen LogP contribution >= 0.6 is 0 Å². The summed E-state index contributed by atoms with van der Waals surface area (Å²) in [5.41, 5.74) is -0.571. The molecule has 1 unspecified atom stereocenters. The Bertz CT molecular complexity index is 326. The highest BCUT2D eigenvalue weighted by atomic mass is 16.7. The molecule has 5 nitrogen and oxygen atoms in total. The van der Waals surface area contributed by atoms with Gasteiger partial charge in [0.05, 0.1) is 0 Å². The lowest BCUT2D eigenvalue weighted by molar-refractivity contribution is -0.199. The molecule has 5 heteroatoms. The molecular weight excluding hydrogens is 212 g/mol. The number of ether oxygens (including phenoxy) is 3. The summed E-state index contributed by atoms with van der Waals surface area (Å²) >= 11 is 0. The molecule has 0 aromatic rings. The summed E-state index contributed by atoms with van der Waals surface area (Å²) in [5.74, 6) is -2.31. The second-order valence-corrected chi connectivity index (χ2v) is 4.53. The van der Waals surface area contributed by atoms with Crippen LogP contribution in [0.25, 0.3) is 0 Å². The molecule has 1 heterocycles. The Morgan fingerprint density at radius 1 is 1.50 bits per heavy atom. The van der Waals surface area contributed by atoms with Crippen molar-refractivity contribution in [3.05, 3.63) is 12.2 Å². The molecule has 90 valence electrons. The molecule has 0 N–H and O–H groups in total. The molecule has 0 bridgehead atoms. The molecule has 1 aliphatic rings. The van der Waals surface area contributed by atoms with Crippen molar-refractivity contribution >= 4 is 11.9 Å². The molecular formula is C11H16O5. The Labute approximate surface area is 94.4 Å². The van der Waals surface area contributed by atoms with E-state index in [-0.39, 0.29) is 6.42 Å². The highest BCUT2D eigenvalue weighted by Gasteiger charge is 2.39. The normalized spacial score (nSPS) is 24.4. The lowest BCUT2D eigenvalue weighted by Crippen LogP contribution is -2.36. The average Bonchev–Trinajstić information content (AvgIpc) is 2.44. The topological polar surface area (TPSA) is 61.8 Å². The number of hydrogen-bond acceptors (Lipinski definition) is 5. The van der Waals surface area contributed by atoms with Gasteiger partial charge in [-0.1, -0.05) is 0 Å². The Morgan fingerprint density at radius 2 is 2.12 bits per heavy atom. The Morgan fingerprint density at radius 3 is 2.50 bits per heavy atom. The van der Waals surface area contributed by atoms with Crippen molar-refractivity contribution in [2.75, 3.05) is 7.11 Å². The van der Waals surface area contributed by atoms with Gasteiger partial charge in [-0.15, -0.1) is 0 Å². The lowest BCUT2D eigenvalue weighted by Gasteiger charge is -2.26. The number of carbonyl (C=O) groups excluding carboxylic acids is 2. The van der Waals surface area contributed by atoms with Crippen LogP contribution in [0.2, 0.25) is 0 Å². The highest BCUT2D eigenvalue weighted by Crippen LogP contribution is 2.26. The predicted molar refractivity (Wildman–Crippen MR) is 55.4 cm³/mol. The van der Waals surface area contributed by atoms with Gasteiger partial charge in [0.25, 0.3) is 0 Å². The number of esters is 2. The first-order valence-corrected chi connectivity index (χ1v) is 4.95. The second-order valence-electron chi connectivity index (χ2n) is 4.53. The van der Waals surface area contributed by atoms with Gasteiger partial charge in [-0.05, 0) is 26.8 Å². The maximum absolute atomic E-state index is 11.6. The third kappa shape index (κ3) is 3.34. The monoisotopic (exact) mass is 228 g/mol. The minimum atomic E-state index is -1.31. The van der Waals surface area contributed by atoms with E-state index < -0.39 is 23.3 Å². The van der Waals surface area contributed by atoms with E-state index in [9.17, 15) is 9.59 Å². The van der Waals surface area contributed by atoms with E-state index in [0.717, 1.165) is 0 Å². The van der Waals surface area contributed by atoms with Crippen molar-refractivity contribution in [2.45, 2.75) is 38.6 Å². The predicted octanol–water partition coefficient (Wildman–Crippen LogP) is 1.17. The van der Waals surface area contributed by atoms with Crippen LogP contribution in [0.5, 0.6) is 0 Å². The van der Waals surface area contributed by atoms with E-state index in [1.165, 1.54) is 19.3 Å². The van der Waals surface area contributed by atoms with Gasteiger partial charge in [-0.25, -0.2) is 4.79 Å². The quantitative estimate of drug-likeness (QED) is 0.678. The van der Waals surface area contributed by atoms with E-state index in [0.29, 0.717) is 0 Å². The molecule has 0 fully saturated rings. The summed E-state index contributed by atoms with van der Waals surface area (Å²) in [5, 5.41) is 0. The molecule has 0 saturated carbocycles. The first kappa shape index (κ1) is 12.7. The van der Waals surface area contributed by atoms with E-state index in [2.05, 4.69) is 0 Å². The standard InChI is InChI=1S/C11H16O5/c1-10(2,3)15-9(13)7-11(14-4)6-5-8(12)16-11/h5-6H,7H2,1-4H3. The highest BCUT2D eigenvalue weighted by molar-refractivity contribution is 5.86. The van der Waals surface area contributed by atoms with Crippen LogP contribution in [-0.2, 0) is 23.8 Å². The molecule has 1 atom stereocenters. The fourth-order valence-corrected chi connectivity index (χ4v) is 1.29. The zero-order valence-electron chi connectivity index (χ0n) is 9.90. The van der Waals surface area contributed by atoms with Gasteiger partial charge in [0.1, 0.15) is 12.0 Å². The van der Waals surface area contributed by atoms with Gasteiger partial charge >= 0.3 is 11.9 Å². The zero-order chi connectivity index (χ0) is 12.4. The second kappa shape index (κ2) is 4.25. The van der Waals surface area contributed by atoms with Crippen LogP contribution in [0.15, 0.2) is 12.2 Å². The van der Waals surface area contributed by atoms with Crippen molar-refractivity contribution in [3.8, 4) is 0 Å². The van der Waals surface area contributed by atoms with Crippen LogP contribution in [0.3, 0.4) is 0 Å². The smallest absolute Gasteiger partial charge is 0.333 e. The van der Waals surface area contributed by atoms with Crippen LogP contribution < -0.4 is 0 Å². The number of methoxy groups -OCH3 is 1. The fraction of sp³-hybridized carbons (Fsp3) is 0.636.